The van der Waals surface area contributed by atoms with Gasteiger partial charge in [0.15, 0.2) is 0 Å². The molecule has 0 aliphatic rings. The highest BCUT2D eigenvalue weighted by atomic mass is 35.5. The molecule has 0 bridgehead atoms. The number of halogens is 1. The van der Waals surface area contributed by atoms with E-state index in [1.54, 1.807) is 6.33 Å². The van der Waals surface area contributed by atoms with Crippen molar-refractivity contribution in [1.29, 1.82) is 0 Å². The van der Waals surface area contributed by atoms with Gasteiger partial charge in [-0.2, -0.15) is 0 Å². The molecule has 70 valence electrons. The molecular formula is C9H12ClN3. The third kappa shape index (κ3) is 1.82. The van der Waals surface area contributed by atoms with Gasteiger partial charge in [0, 0.05) is 6.04 Å². The number of aromatic nitrogens is 2. The highest BCUT2D eigenvalue weighted by molar-refractivity contribution is 5.85. The fourth-order valence-corrected chi connectivity index (χ4v) is 1.24. The Morgan fingerprint density at radius 2 is 2.23 bits per heavy atom. The summed E-state index contributed by atoms with van der Waals surface area (Å²) in [6, 6.07) is 6.10. The van der Waals surface area contributed by atoms with Gasteiger partial charge in [0.25, 0.3) is 0 Å². The van der Waals surface area contributed by atoms with Crippen molar-refractivity contribution in [3.05, 3.63) is 30.1 Å². The molecule has 4 heteroatoms. The molecule has 0 saturated carbocycles. The predicted molar refractivity (Wildman–Crippen MR) is 55.9 cm³/mol. The number of rotatable bonds is 1. The Morgan fingerprint density at radius 3 is 2.92 bits per heavy atom. The quantitative estimate of drug-likeness (QED) is 0.735. The summed E-state index contributed by atoms with van der Waals surface area (Å²) in [5.74, 6) is 0. The Bertz CT molecular complexity index is 394. The minimum Gasteiger partial charge on any atom is -0.345 e. The number of nitrogens with one attached hydrogen (secondary N) is 1. The Labute approximate surface area is 82.8 Å². The number of fused-ring (bicyclic) bond motifs is 1. The number of hydrogen-bond donors (Lipinski definition) is 2. The van der Waals surface area contributed by atoms with Crippen molar-refractivity contribution >= 4 is 23.4 Å². The van der Waals surface area contributed by atoms with Crippen LogP contribution in [0.4, 0.5) is 0 Å². The van der Waals surface area contributed by atoms with Gasteiger partial charge >= 0.3 is 0 Å². The molecule has 13 heavy (non-hydrogen) atoms. The summed E-state index contributed by atoms with van der Waals surface area (Å²) in [5.41, 5.74) is 8.90. The zero-order valence-corrected chi connectivity index (χ0v) is 8.14. The minimum atomic E-state index is 0. The number of hydrogen-bond acceptors (Lipinski definition) is 2. The van der Waals surface area contributed by atoms with E-state index in [0.29, 0.717) is 0 Å². The third-order valence-corrected chi connectivity index (χ3v) is 1.97. The van der Waals surface area contributed by atoms with E-state index in [1.165, 1.54) is 0 Å². The summed E-state index contributed by atoms with van der Waals surface area (Å²) in [7, 11) is 0. The standard InChI is InChI=1S/C9H11N3.ClH/c1-6(10)7-2-3-8-9(4-7)12-5-11-8;/h2-6H,10H2,1H3,(H,11,12);1H/t6-;/m0./s1. The zero-order valence-electron chi connectivity index (χ0n) is 7.32. The van der Waals surface area contributed by atoms with E-state index >= 15 is 0 Å². The lowest BCUT2D eigenvalue weighted by molar-refractivity contribution is 0.819. The van der Waals surface area contributed by atoms with Gasteiger partial charge < -0.3 is 10.7 Å². The average molecular weight is 198 g/mol. The van der Waals surface area contributed by atoms with Crippen LogP contribution >= 0.6 is 12.4 Å². The highest BCUT2D eigenvalue weighted by Crippen LogP contribution is 2.15. The van der Waals surface area contributed by atoms with E-state index in [1.807, 2.05) is 25.1 Å². The molecule has 2 aromatic rings. The molecule has 0 amide bonds. The smallest absolute Gasteiger partial charge is 0.0931 e. The molecule has 0 unspecified atom stereocenters. The van der Waals surface area contributed by atoms with E-state index in [9.17, 15) is 0 Å². The number of nitrogens with two attached hydrogens (primary N) is 1. The molecule has 0 fully saturated rings. The first-order valence-electron chi connectivity index (χ1n) is 3.96. The number of H-pyrrole nitrogens is 1. The molecule has 0 spiro atoms. The minimum absolute atomic E-state index is 0. The van der Waals surface area contributed by atoms with Crippen LogP contribution in [0.15, 0.2) is 24.5 Å². The lowest BCUT2D eigenvalue weighted by atomic mass is 10.1. The van der Waals surface area contributed by atoms with E-state index in [0.717, 1.165) is 16.6 Å². The molecule has 1 aromatic carbocycles. The lowest BCUT2D eigenvalue weighted by Crippen LogP contribution is -2.04. The molecule has 0 aliphatic heterocycles. The van der Waals surface area contributed by atoms with E-state index < -0.39 is 0 Å². The van der Waals surface area contributed by atoms with Crippen molar-refractivity contribution in [3.63, 3.8) is 0 Å². The lowest BCUT2D eigenvalue weighted by Gasteiger charge is -2.03. The summed E-state index contributed by atoms with van der Waals surface area (Å²) in [6.07, 6.45) is 1.69. The number of aromatic amines is 1. The van der Waals surface area contributed by atoms with Gasteiger partial charge in [-0.1, -0.05) is 6.07 Å². The Hall–Kier alpha value is -1.06. The predicted octanol–water partition coefficient (Wildman–Crippen LogP) is 2.00. The van der Waals surface area contributed by atoms with Crippen molar-refractivity contribution in [3.8, 4) is 0 Å². The molecule has 0 radical (unpaired) electrons. The molecule has 0 saturated heterocycles. The topological polar surface area (TPSA) is 54.7 Å². The number of benzene rings is 1. The molecule has 3 nitrogen and oxygen atoms in total. The van der Waals surface area contributed by atoms with Crippen LogP contribution in [0.3, 0.4) is 0 Å². The second kappa shape index (κ2) is 3.77. The van der Waals surface area contributed by atoms with Crippen LogP contribution in [0.25, 0.3) is 11.0 Å². The van der Waals surface area contributed by atoms with Gasteiger partial charge in [0.05, 0.1) is 17.4 Å². The van der Waals surface area contributed by atoms with Gasteiger partial charge in [-0.3, -0.25) is 0 Å². The second-order valence-corrected chi connectivity index (χ2v) is 2.97. The maximum atomic E-state index is 5.74. The van der Waals surface area contributed by atoms with Crippen molar-refractivity contribution in [2.45, 2.75) is 13.0 Å². The average Bonchev–Trinajstić information content (AvgIpc) is 2.49. The summed E-state index contributed by atoms with van der Waals surface area (Å²) < 4.78 is 0. The van der Waals surface area contributed by atoms with Gasteiger partial charge in [-0.05, 0) is 24.6 Å². The van der Waals surface area contributed by atoms with Crippen LogP contribution in [0.5, 0.6) is 0 Å². The zero-order chi connectivity index (χ0) is 8.55. The fraction of sp³-hybridized carbons (Fsp3) is 0.222. The number of imidazole rings is 1. The SMILES string of the molecule is C[C@H](N)c1ccc2nc[nH]c2c1.Cl. The van der Waals surface area contributed by atoms with Crippen LogP contribution in [0.2, 0.25) is 0 Å². The molecule has 0 aliphatic carbocycles. The number of nitrogens with zero attached hydrogens (tertiary/aromatic N) is 1. The van der Waals surface area contributed by atoms with Gasteiger partial charge in [0.1, 0.15) is 0 Å². The van der Waals surface area contributed by atoms with E-state index in [4.69, 9.17) is 5.73 Å². The Balaban J connectivity index is 0.000000845. The largest absolute Gasteiger partial charge is 0.345 e. The summed E-state index contributed by atoms with van der Waals surface area (Å²) >= 11 is 0. The molecule has 1 aromatic heterocycles. The van der Waals surface area contributed by atoms with Gasteiger partial charge in [-0.25, -0.2) is 4.98 Å². The summed E-state index contributed by atoms with van der Waals surface area (Å²) in [6.45, 7) is 1.97. The first kappa shape index (κ1) is 10.0. The van der Waals surface area contributed by atoms with E-state index in [2.05, 4.69) is 9.97 Å². The molecule has 3 N–H and O–H groups in total. The molecular weight excluding hydrogens is 186 g/mol. The molecule has 2 rings (SSSR count). The van der Waals surface area contributed by atoms with Crippen molar-refractivity contribution < 1.29 is 0 Å². The Morgan fingerprint density at radius 1 is 1.46 bits per heavy atom. The maximum Gasteiger partial charge on any atom is 0.0931 e. The van der Waals surface area contributed by atoms with Gasteiger partial charge in [0.2, 0.25) is 0 Å². The maximum absolute atomic E-state index is 5.74. The monoisotopic (exact) mass is 197 g/mol. The van der Waals surface area contributed by atoms with Crippen LogP contribution in [-0.2, 0) is 0 Å². The third-order valence-electron chi connectivity index (χ3n) is 1.97. The highest BCUT2D eigenvalue weighted by Gasteiger charge is 2.01. The van der Waals surface area contributed by atoms with Crippen LogP contribution in [0.1, 0.15) is 18.5 Å². The van der Waals surface area contributed by atoms with Crippen LogP contribution < -0.4 is 5.73 Å². The van der Waals surface area contributed by atoms with Crippen molar-refractivity contribution in [1.82, 2.24) is 9.97 Å². The van der Waals surface area contributed by atoms with Gasteiger partial charge in [-0.15, -0.1) is 12.4 Å². The second-order valence-electron chi connectivity index (χ2n) is 2.97. The normalized spacial score (nSPS) is 12.5. The summed E-state index contributed by atoms with van der Waals surface area (Å²) in [4.78, 5) is 7.17. The van der Waals surface area contributed by atoms with Crippen LogP contribution in [0, 0.1) is 0 Å². The first-order valence-corrected chi connectivity index (χ1v) is 3.96. The van der Waals surface area contributed by atoms with Crippen molar-refractivity contribution in [2.75, 3.05) is 0 Å². The van der Waals surface area contributed by atoms with Crippen molar-refractivity contribution in [2.24, 2.45) is 5.73 Å². The summed E-state index contributed by atoms with van der Waals surface area (Å²) in [5, 5.41) is 0. The molecule has 1 atom stereocenters. The molecule has 1 heterocycles. The van der Waals surface area contributed by atoms with Crippen LogP contribution in [-0.4, -0.2) is 9.97 Å². The Kier molecular flexibility index (Phi) is 2.90. The van der Waals surface area contributed by atoms with E-state index in [-0.39, 0.29) is 18.4 Å². The fourth-order valence-electron chi connectivity index (χ4n) is 1.24. The first-order chi connectivity index (χ1) is 5.77.